The molecule has 1 aromatic carbocycles. The number of ether oxygens (including phenoxy) is 1. The molecule has 1 aliphatic rings. The van der Waals surface area contributed by atoms with Crippen LogP contribution in [0.25, 0.3) is 0 Å². The van der Waals surface area contributed by atoms with Gasteiger partial charge in [0.1, 0.15) is 6.07 Å². The highest BCUT2D eigenvalue weighted by Crippen LogP contribution is 2.33. The van der Waals surface area contributed by atoms with Crippen LogP contribution in [0.1, 0.15) is 5.56 Å². The van der Waals surface area contributed by atoms with E-state index >= 15 is 0 Å². The number of para-hydroxylation sites is 1. The van der Waals surface area contributed by atoms with E-state index in [0.29, 0.717) is 17.0 Å². The third-order valence-electron chi connectivity index (χ3n) is 2.19. The van der Waals surface area contributed by atoms with Crippen molar-refractivity contribution in [3.05, 3.63) is 23.8 Å². The molecule has 0 spiro atoms. The average molecular weight is 188 g/mol. The molecule has 4 heteroatoms. The summed E-state index contributed by atoms with van der Waals surface area (Å²) >= 11 is 0. The van der Waals surface area contributed by atoms with Crippen LogP contribution in [0.2, 0.25) is 0 Å². The molecule has 1 aliphatic heterocycles. The van der Waals surface area contributed by atoms with Crippen LogP contribution in [0, 0.1) is 11.3 Å². The van der Waals surface area contributed by atoms with Crippen LogP contribution in [0.3, 0.4) is 0 Å². The molecular weight excluding hydrogens is 180 g/mol. The molecule has 1 heterocycles. The Morgan fingerprint density at radius 2 is 2.36 bits per heavy atom. The van der Waals surface area contributed by atoms with E-state index in [4.69, 9.17) is 10.00 Å². The predicted molar refractivity (Wildman–Crippen MR) is 50.1 cm³/mol. The van der Waals surface area contributed by atoms with Gasteiger partial charge < -0.3 is 9.64 Å². The summed E-state index contributed by atoms with van der Waals surface area (Å²) in [6.07, 6.45) is 0. The van der Waals surface area contributed by atoms with Crippen LogP contribution >= 0.6 is 0 Å². The number of benzene rings is 1. The Morgan fingerprint density at radius 1 is 1.57 bits per heavy atom. The molecule has 0 aliphatic carbocycles. The number of likely N-dealkylation sites (N-methyl/N-ethyl adjacent to an activating group) is 1. The number of hydrogen-bond acceptors (Lipinski definition) is 3. The Morgan fingerprint density at radius 3 is 3.07 bits per heavy atom. The van der Waals surface area contributed by atoms with Crippen molar-refractivity contribution in [2.75, 3.05) is 18.6 Å². The van der Waals surface area contributed by atoms with Gasteiger partial charge in [-0.15, -0.1) is 0 Å². The minimum absolute atomic E-state index is 0.00218. The molecule has 2 rings (SSSR count). The molecule has 0 saturated heterocycles. The fourth-order valence-corrected chi connectivity index (χ4v) is 1.39. The van der Waals surface area contributed by atoms with Gasteiger partial charge >= 0.3 is 0 Å². The normalized spacial score (nSPS) is 14.3. The van der Waals surface area contributed by atoms with Crippen molar-refractivity contribution in [1.82, 2.24) is 0 Å². The van der Waals surface area contributed by atoms with E-state index in [-0.39, 0.29) is 12.5 Å². The van der Waals surface area contributed by atoms with Gasteiger partial charge in [0.2, 0.25) is 0 Å². The lowest BCUT2D eigenvalue weighted by molar-refractivity contribution is -0.120. The molecule has 1 aromatic rings. The first-order chi connectivity index (χ1) is 6.74. The number of hydrogen-bond donors (Lipinski definition) is 0. The highest BCUT2D eigenvalue weighted by Gasteiger charge is 2.23. The van der Waals surface area contributed by atoms with Gasteiger partial charge in [0.25, 0.3) is 5.91 Å². The second-order valence-electron chi connectivity index (χ2n) is 3.01. The van der Waals surface area contributed by atoms with Crippen molar-refractivity contribution >= 4 is 11.6 Å². The third kappa shape index (κ3) is 1.11. The summed E-state index contributed by atoms with van der Waals surface area (Å²) in [6, 6.07) is 7.19. The predicted octanol–water partition coefficient (Wildman–Crippen LogP) is 0.913. The van der Waals surface area contributed by atoms with Crippen LogP contribution < -0.4 is 9.64 Å². The Balaban J connectivity index is 2.59. The van der Waals surface area contributed by atoms with Crippen LogP contribution in [-0.2, 0) is 4.79 Å². The van der Waals surface area contributed by atoms with E-state index in [1.54, 1.807) is 25.2 Å². The van der Waals surface area contributed by atoms with Gasteiger partial charge in [-0.25, -0.2) is 0 Å². The number of nitrogens with zero attached hydrogens (tertiary/aromatic N) is 2. The van der Waals surface area contributed by atoms with E-state index in [0.717, 1.165) is 0 Å². The molecule has 0 fully saturated rings. The Hall–Kier alpha value is -2.02. The quantitative estimate of drug-likeness (QED) is 0.608. The standard InChI is InChI=1S/C10H8N2O2/c1-12-8-4-2-3-7(5-11)10(8)14-6-9(12)13/h2-4H,6H2,1H3. The lowest BCUT2D eigenvalue weighted by Gasteiger charge is -2.26. The topological polar surface area (TPSA) is 53.3 Å². The van der Waals surface area contributed by atoms with Gasteiger partial charge in [0.15, 0.2) is 12.4 Å². The molecule has 0 atom stereocenters. The van der Waals surface area contributed by atoms with Crippen molar-refractivity contribution < 1.29 is 9.53 Å². The van der Waals surface area contributed by atoms with Gasteiger partial charge in [-0.2, -0.15) is 5.26 Å². The zero-order valence-corrected chi connectivity index (χ0v) is 7.65. The van der Waals surface area contributed by atoms with Crippen LogP contribution in [0.4, 0.5) is 5.69 Å². The molecule has 4 nitrogen and oxygen atoms in total. The fraction of sp³-hybridized carbons (Fsp3) is 0.200. The van der Waals surface area contributed by atoms with E-state index in [9.17, 15) is 4.79 Å². The number of rotatable bonds is 0. The number of amides is 1. The van der Waals surface area contributed by atoms with E-state index in [1.165, 1.54) is 4.90 Å². The number of carbonyl (C=O) groups is 1. The highest BCUT2D eigenvalue weighted by molar-refractivity contribution is 5.97. The second kappa shape index (κ2) is 3.04. The van der Waals surface area contributed by atoms with Gasteiger partial charge in [0, 0.05) is 7.05 Å². The summed E-state index contributed by atoms with van der Waals surface area (Å²) in [5.41, 5.74) is 1.11. The zero-order valence-electron chi connectivity index (χ0n) is 7.65. The molecule has 0 aromatic heterocycles. The Kier molecular flexibility index (Phi) is 1.86. The lowest BCUT2D eigenvalue weighted by atomic mass is 10.1. The first kappa shape index (κ1) is 8.57. The summed E-state index contributed by atoms with van der Waals surface area (Å²) < 4.78 is 5.21. The summed E-state index contributed by atoms with van der Waals surface area (Å²) in [5.74, 6) is 0.393. The Labute approximate surface area is 81.3 Å². The summed E-state index contributed by atoms with van der Waals surface area (Å²) in [7, 11) is 1.67. The molecule has 70 valence electrons. The molecule has 0 N–H and O–H groups in total. The second-order valence-corrected chi connectivity index (χ2v) is 3.01. The van der Waals surface area contributed by atoms with Gasteiger partial charge in [-0.1, -0.05) is 6.07 Å². The molecule has 0 radical (unpaired) electrons. The van der Waals surface area contributed by atoms with Crippen molar-refractivity contribution in [2.24, 2.45) is 0 Å². The van der Waals surface area contributed by atoms with Crippen molar-refractivity contribution in [3.8, 4) is 11.8 Å². The molecule has 0 bridgehead atoms. The van der Waals surface area contributed by atoms with Gasteiger partial charge in [0.05, 0.1) is 11.3 Å². The van der Waals surface area contributed by atoms with Gasteiger partial charge in [-0.05, 0) is 12.1 Å². The molecular formula is C10H8N2O2. The van der Waals surface area contributed by atoms with E-state index in [1.807, 2.05) is 6.07 Å². The van der Waals surface area contributed by atoms with Crippen LogP contribution in [-0.4, -0.2) is 19.6 Å². The third-order valence-corrected chi connectivity index (χ3v) is 2.19. The minimum atomic E-state index is -0.104. The summed E-state index contributed by atoms with van der Waals surface area (Å²) in [6.45, 7) is 0.00218. The highest BCUT2D eigenvalue weighted by atomic mass is 16.5. The van der Waals surface area contributed by atoms with Crippen molar-refractivity contribution in [3.63, 3.8) is 0 Å². The smallest absolute Gasteiger partial charge is 0.264 e. The molecule has 0 unspecified atom stereocenters. The first-order valence-electron chi connectivity index (χ1n) is 4.16. The molecule has 1 amide bonds. The number of nitriles is 1. The molecule has 0 saturated carbocycles. The maximum absolute atomic E-state index is 11.3. The number of fused-ring (bicyclic) bond motifs is 1. The number of carbonyl (C=O) groups excluding carboxylic acids is 1. The maximum Gasteiger partial charge on any atom is 0.264 e. The lowest BCUT2D eigenvalue weighted by Crippen LogP contribution is -2.35. The fourth-order valence-electron chi connectivity index (χ4n) is 1.39. The summed E-state index contributed by atoms with van der Waals surface area (Å²) in [5, 5.41) is 8.81. The monoisotopic (exact) mass is 188 g/mol. The van der Waals surface area contributed by atoms with Crippen molar-refractivity contribution in [1.29, 1.82) is 5.26 Å². The van der Waals surface area contributed by atoms with E-state index < -0.39 is 0 Å². The zero-order chi connectivity index (χ0) is 10.1. The van der Waals surface area contributed by atoms with E-state index in [2.05, 4.69) is 0 Å². The largest absolute Gasteiger partial charge is 0.480 e. The first-order valence-corrected chi connectivity index (χ1v) is 4.16. The van der Waals surface area contributed by atoms with Crippen LogP contribution in [0.15, 0.2) is 18.2 Å². The average Bonchev–Trinajstić information content (AvgIpc) is 2.23. The SMILES string of the molecule is CN1C(=O)COc2c(C#N)cccc21. The van der Waals surface area contributed by atoms with Crippen LogP contribution in [0.5, 0.6) is 5.75 Å². The molecule has 14 heavy (non-hydrogen) atoms. The van der Waals surface area contributed by atoms with Gasteiger partial charge in [-0.3, -0.25) is 4.79 Å². The minimum Gasteiger partial charge on any atom is -0.480 e. The number of anilines is 1. The van der Waals surface area contributed by atoms with Crippen molar-refractivity contribution in [2.45, 2.75) is 0 Å². The summed E-state index contributed by atoms with van der Waals surface area (Å²) in [4.78, 5) is 12.8. The maximum atomic E-state index is 11.3. The Bertz CT molecular complexity index is 434.